The van der Waals surface area contributed by atoms with E-state index in [1.165, 1.54) is 5.56 Å². The number of hydrogen-bond donors (Lipinski definition) is 1. The van der Waals surface area contributed by atoms with Crippen LogP contribution in [0.5, 0.6) is 17.4 Å². The number of ether oxygens (including phenoxy) is 1. The summed E-state index contributed by atoms with van der Waals surface area (Å²) in [6, 6.07) is 30.2. The number of para-hydroxylation sites is 1. The van der Waals surface area contributed by atoms with E-state index < -0.39 is 0 Å². The van der Waals surface area contributed by atoms with Crippen LogP contribution in [-0.2, 0) is 10.8 Å². The van der Waals surface area contributed by atoms with Gasteiger partial charge in [0.2, 0.25) is 5.88 Å². The number of phenols is 1. The van der Waals surface area contributed by atoms with E-state index in [1.54, 1.807) is 6.20 Å². The molecule has 5 nitrogen and oxygen atoms in total. The highest BCUT2D eigenvalue weighted by atomic mass is 16.5. The Bertz CT molecular complexity index is 1890. The molecule has 1 N–H and O–H groups in total. The van der Waals surface area contributed by atoms with E-state index in [1.807, 2.05) is 60.7 Å². The van der Waals surface area contributed by atoms with E-state index in [2.05, 4.69) is 81.4 Å². The monoisotopic (exact) mass is 541 g/mol. The molecule has 0 radical (unpaired) electrons. The van der Waals surface area contributed by atoms with Crippen molar-refractivity contribution in [1.29, 1.82) is 0 Å². The van der Waals surface area contributed by atoms with Crippen molar-refractivity contribution < 1.29 is 9.84 Å². The predicted octanol–water partition coefficient (Wildman–Crippen LogP) is 9.33. The number of aromatic hydroxyl groups is 1. The Labute approximate surface area is 241 Å². The molecule has 0 bridgehead atoms. The first-order valence-electron chi connectivity index (χ1n) is 14.0. The summed E-state index contributed by atoms with van der Waals surface area (Å²) >= 11 is 0. The van der Waals surface area contributed by atoms with Gasteiger partial charge in [-0.1, -0.05) is 84.0 Å². The molecule has 206 valence electrons. The molecule has 0 fully saturated rings. The van der Waals surface area contributed by atoms with Crippen molar-refractivity contribution in [2.24, 2.45) is 0 Å². The standard InChI is InChI=1S/C36H35N3O2/c1-35(2,3)24-21-28(33(40)29(22-24)36(4,5)6)23-12-11-13-25(20-23)41-32-18-17-27-26-14-7-8-15-30(26)39(34(27)38-32)31-16-9-10-19-37-31/h7-22,40H,1-6H3. The van der Waals surface area contributed by atoms with Crippen LogP contribution in [0.4, 0.5) is 0 Å². The zero-order valence-corrected chi connectivity index (χ0v) is 24.4. The molecule has 0 atom stereocenters. The number of pyridine rings is 2. The Kier molecular flexibility index (Phi) is 6.33. The minimum atomic E-state index is -0.209. The van der Waals surface area contributed by atoms with Crippen LogP contribution in [0.25, 0.3) is 38.9 Å². The summed E-state index contributed by atoms with van der Waals surface area (Å²) < 4.78 is 8.41. The molecule has 0 aliphatic rings. The predicted molar refractivity (Wildman–Crippen MR) is 167 cm³/mol. The van der Waals surface area contributed by atoms with Crippen molar-refractivity contribution in [2.75, 3.05) is 0 Å². The van der Waals surface area contributed by atoms with E-state index in [-0.39, 0.29) is 10.8 Å². The van der Waals surface area contributed by atoms with Gasteiger partial charge in [-0.15, -0.1) is 0 Å². The topological polar surface area (TPSA) is 60.2 Å². The Morgan fingerprint density at radius 3 is 2.24 bits per heavy atom. The minimum Gasteiger partial charge on any atom is -0.507 e. The lowest BCUT2D eigenvalue weighted by molar-refractivity contribution is 0.446. The zero-order chi connectivity index (χ0) is 28.9. The summed E-state index contributed by atoms with van der Waals surface area (Å²) in [5.41, 5.74) is 5.34. The molecule has 0 amide bonds. The van der Waals surface area contributed by atoms with Crippen molar-refractivity contribution in [3.05, 3.63) is 108 Å². The summed E-state index contributed by atoms with van der Waals surface area (Å²) in [7, 11) is 0. The van der Waals surface area contributed by atoms with Gasteiger partial charge in [0.25, 0.3) is 0 Å². The average molecular weight is 542 g/mol. The Morgan fingerprint density at radius 1 is 0.732 bits per heavy atom. The van der Waals surface area contributed by atoms with Crippen molar-refractivity contribution in [3.63, 3.8) is 0 Å². The zero-order valence-electron chi connectivity index (χ0n) is 24.4. The summed E-state index contributed by atoms with van der Waals surface area (Å²) in [5, 5.41) is 13.6. The van der Waals surface area contributed by atoms with Crippen molar-refractivity contribution in [1.82, 2.24) is 14.5 Å². The fourth-order valence-electron chi connectivity index (χ4n) is 5.30. The summed E-state index contributed by atoms with van der Waals surface area (Å²) in [4.78, 5) is 9.54. The lowest BCUT2D eigenvalue weighted by Gasteiger charge is -2.27. The van der Waals surface area contributed by atoms with E-state index in [9.17, 15) is 5.11 Å². The fourth-order valence-corrected chi connectivity index (χ4v) is 5.30. The Hall–Kier alpha value is -4.64. The van der Waals surface area contributed by atoms with Crippen LogP contribution in [-0.4, -0.2) is 19.6 Å². The molecule has 0 aliphatic heterocycles. The lowest BCUT2D eigenvalue weighted by atomic mass is 9.78. The van der Waals surface area contributed by atoms with Gasteiger partial charge in [-0.25, -0.2) is 4.98 Å². The van der Waals surface area contributed by atoms with Crippen molar-refractivity contribution in [3.8, 4) is 34.3 Å². The Balaban J connectivity index is 1.44. The van der Waals surface area contributed by atoms with Crippen LogP contribution in [0.15, 0.2) is 97.2 Å². The fraction of sp³-hybridized carbons (Fsp3) is 0.222. The van der Waals surface area contributed by atoms with Gasteiger partial charge in [-0.05, 0) is 64.4 Å². The second-order valence-electron chi connectivity index (χ2n) is 12.6. The molecule has 41 heavy (non-hydrogen) atoms. The van der Waals surface area contributed by atoms with E-state index in [0.29, 0.717) is 17.4 Å². The maximum Gasteiger partial charge on any atom is 0.221 e. The van der Waals surface area contributed by atoms with Gasteiger partial charge in [0.1, 0.15) is 17.3 Å². The highest BCUT2D eigenvalue weighted by Gasteiger charge is 2.25. The van der Waals surface area contributed by atoms with Crippen LogP contribution in [0.1, 0.15) is 52.7 Å². The molecule has 0 saturated heterocycles. The average Bonchev–Trinajstić information content (AvgIpc) is 3.26. The second-order valence-corrected chi connectivity index (χ2v) is 12.6. The molecule has 3 aromatic carbocycles. The molecule has 3 aromatic heterocycles. The number of fused-ring (bicyclic) bond motifs is 3. The molecule has 5 heteroatoms. The molecule has 6 aromatic rings. The number of aromatic nitrogens is 3. The van der Waals surface area contributed by atoms with Crippen molar-refractivity contribution in [2.45, 2.75) is 52.4 Å². The third-order valence-corrected chi connectivity index (χ3v) is 7.53. The van der Waals surface area contributed by atoms with E-state index >= 15 is 0 Å². The molecular weight excluding hydrogens is 506 g/mol. The first-order valence-corrected chi connectivity index (χ1v) is 14.0. The van der Waals surface area contributed by atoms with E-state index in [4.69, 9.17) is 9.72 Å². The largest absolute Gasteiger partial charge is 0.507 e. The summed E-state index contributed by atoms with van der Waals surface area (Å²) in [6.45, 7) is 13.0. The maximum atomic E-state index is 11.4. The summed E-state index contributed by atoms with van der Waals surface area (Å²) in [6.07, 6.45) is 1.79. The van der Waals surface area contributed by atoms with Crippen LogP contribution in [0, 0.1) is 0 Å². The van der Waals surface area contributed by atoms with E-state index in [0.717, 1.165) is 44.4 Å². The van der Waals surface area contributed by atoms with Gasteiger partial charge in [-0.2, -0.15) is 4.98 Å². The lowest BCUT2D eigenvalue weighted by Crippen LogP contribution is -2.17. The Morgan fingerprint density at radius 2 is 1.51 bits per heavy atom. The first kappa shape index (κ1) is 26.6. The maximum absolute atomic E-state index is 11.4. The van der Waals surface area contributed by atoms with Crippen LogP contribution in [0.2, 0.25) is 0 Å². The number of hydrogen-bond acceptors (Lipinski definition) is 4. The third-order valence-electron chi connectivity index (χ3n) is 7.53. The molecule has 6 rings (SSSR count). The molecule has 0 spiro atoms. The van der Waals surface area contributed by atoms with Gasteiger partial charge < -0.3 is 9.84 Å². The number of phenolic OH excluding ortho intramolecular Hbond substituents is 1. The molecule has 3 heterocycles. The summed E-state index contributed by atoms with van der Waals surface area (Å²) in [5.74, 6) is 2.24. The van der Waals surface area contributed by atoms with Gasteiger partial charge in [0.15, 0.2) is 5.65 Å². The SMILES string of the molecule is CC(C)(C)c1cc(-c2cccc(Oc3ccc4c5ccccc5n(-c5ccccn5)c4n3)c2)c(O)c(C(C)(C)C)c1. The molecular formula is C36H35N3O2. The quantitative estimate of drug-likeness (QED) is 0.242. The number of nitrogens with zero attached hydrogens (tertiary/aromatic N) is 3. The van der Waals surface area contributed by atoms with Gasteiger partial charge in [-0.3, -0.25) is 4.57 Å². The highest BCUT2D eigenvalue weighted by Crippen LogP contribution is 2.43. The van der Waals surface area contributed by atoms with Crippen molar-refractivity contribution >= 4 is 21.9 Å². The minimum absolute atomic E-state index is 0.0675. The smallest absolute Gasteiger partial charge is 0.221 e. The third kappa shape index (κ3) is 4.93. The normalized spacial score (nSPS) is 12.2. The van der Waals surface area contributed by atoms with Gasteiger partial charge >= 0.3 is 0 Å². The number of benzene rings is 3. The highest BCUT2D eigenvalue weighted by molar-refractivity contribution is 6.07. The van der Waals surface area contributed by atoms with Crippen LogP contribution >= 0.6 is 0 Å². The van der Waals surface area contributed by atoms with Gasteiger partial charge in [0.05, 0.1) is 5.52 Å². The molecule has 0 aliphatic carbocycles. The van der Waals surface area contributed by atoms with Crippen LogP contribution < -0.4 is 4.74 Å². The first-order chi connectivity index (χ1) is 19.5. The molecule has 0 unspecified atom stereocenters. The number of rotatable bonds is 4. The molecule has 0 saturated carbocycles. The van der Waals surface area contributed by atoms with Gasteiger partial charge in [0, 0.05) is 34.2 Å². The second kappa shape index (κ2) is 9.77. The van der Waals surface area contributed by atoms with Crippen LogP contribution in [0.3, 0.4) is 0 Å².